The van der Waals surface area contributed by atoms with Crippen LogP contribution in [0.25, 0.3) is 0 Å². The summed E-state index contributed by atoms with van der Waals surface area (Å²) in [7, 11) is 0. The van der Waals surface area contributed by atoms with Crippen molar-refractivity contribution in [2.75, 3.05) is 0 Å². The van der Waals surface area contributed by atoms with E-state index in [0.29, 0.717) is 6.54 Å². The maximum absolute atomic E-state index is 12.4. The molecule has 0 amide bonds. The van der Waals surface area contributed by atoms with E-state index in [0.717, 1.165) is 11.3 Å². The Morgan fingerprint density at radius 1 is 1.11 bits per heavy atom. The molecule has 0 aliphatic rings. The first-order chi connectivity index (χ1) is 9.16. The molecule has 4 heteroatoms. The van der Waals surface area contributed by atoms with Gasteiger partial charge in [0.2, 0.25) is 0 Å². The molecule has 0 saturated heterocycles. The molecule has 100 valence electrons. The number of hydrogen-bond donors (Lipinski definition) is 1. The molecule has 0 aliphatic carbocycles. The van der Waals surface area contributed by atoms with Crippen LogP contribution in [0.3, 0.4) is 0 Å². The average molecular weight is 262 g/mol. The van der Waals surface area contributed by atoms with Crippen LogP contribution in [0.4, 0.5) is 8.78 Å². The Morgan fingerprint density at radius 2 is 1.84 bits per heavy atom. The minimum absolute atomic E-state index is 0.0570. The van der Waals surface area contributed by atoms with Crippen LogP contribution < -0.4 is 5.32 Å². The SMILES string of the molecule is C[C@@H](NCc1ccc(C(F)F)cc1)c1ccccn1. The normalized spacial score (nSPS) is 12.6. The van der Waals surface area contributed by atoms with Crippen LogP contribution in [0.15, 0.2) is 48.7 Å². The second-order valence-electron chi connectivity index (χ2n) is 4.40. The maximum atomic E-state index is 12.4. The lowest BCUT2D eigenvalue weighted by molar-refractivity contribution is 0.151. The number of alkyl halides is 2. The minimum Gasteiger partial charge on any atom is -0.305 e. The predicted molar refractivity (Wildman–Crippen MR) is 70.9 cm³/mol. The minimum atomic E-state index is -2.41. The van der Waals surface area contributed by atoms with E-state index in [9.17, 15) is 8.78 Å². The molecule has 0 saturated carbocycles. The molecule has 0 radical (unpaired) electrons. The number of pyridine rings is 1. The van der Waals surface area contributed by atoms with Crippen molar-refractivity contribution in [1.29, 1.82) is 0 Å². The van der Waals surface area contributed by atoms with Gasteiger partial charge in [-0.25, -0.2) is 8.78 Å². The average Bonchev–Trinajstić information content (AvgIpc) is 2.46. The molecule has 1 N–H and O–H groups in total. The van der Waals surface area contributed by atoms with Crippen LogP contribution in [0.1, 0.15) is 36.2 Å². The molecular weight excluding hydrogens is 246 g/mol. The van der Waals surface area contributed by atoms with E-state index in [1.165, 1.54) is 12.1 Å². The molecule has 0 bridgehead atoms. The summed E-state index contributed by atoms with van der Waals surface area (Å²) in [5.74, 6) is 0. The largest absolute Gasteiger partial charge is 0.305 e. The molecule has 1 aromatic carbocycles. The summed E-state index contributed by atoms with van der Waals surface area (Å²) in [6.45, 7) is 2.65. The third kappa shape index (κ3) is 3.83. The number of rotatable bonds is 5. The van der Waals surface area contributed by atoms with Gasteiger partial charge in [-0.15, -0.1) is 0 Å². The van der Waals surface area contributed by atoms with Gasteiger partial charge in [-0.2, -0.15) is 0 Å². The standard InChI is InChI=1S/C15H16F2N2/c1-11(14-4-2-3-9-18-14)19-10-12-5-7-13(8-6-12)15(16)17/h2-9,11,15,19H,10H2,1H3/t11-/m1/s1. The van der Waals surface area contributed by atoms with Gasteiger partial charge in [-0.05, 0) is 24.6 Å². The highest BCUT2D eigenvalue weighted by atomic mass is 19.3. The summed E-state index contributed by atoms with van der Waals surface area (Å²) >= 11 is 0. The van der Waals surface area contributed by atoms with Crippen LogP contribution in [0.2, 0.25) is 0 Å². The zero-order valence-electron chi connectivity index (χ0n) is 10.7. The molecule has 2 nitrogen and oxygen atoms in total. The third-order valence-corrected chi connectivity index (χ3v) is 2.98. The van der Waals surface area contributed by atoms with Crippen LogP contribution in [0, 0.1) is 0 Å². The molecule has 0 fully saturated rings. The zero-order chi connectivity index (χ0) is 13.7. The van der Waals surface area contributed by atoms with E-state index >= 15 is 0 Å². The molecule has 1 aromatic heterocycles. The number of nitrogens with one attached hydrogen (secondary N) is 1. The molecule has 19 heavy (non-hydrogen) atoms. The summed E-state index contributed by atoms with van der Waals surface area (Å²) in [5.41, 5.74) is 2.00. The highest BCUT2D eigenvalue weighted by Crippen LogP contribution is 2.19. The number of aromatic nitrogens is 1. The summed E-state index contributed by atoms with van der Waals surface area (Å²) in [5, 5.41) is 3.31. The summed E-state index contributed by atoms with van der Waals surface area (Å²) < 4.78 is 24.8. The number of halogens is 2. The van der Waals surface area contributed by atoms with E-state index in [-0.39, 0.29) is 11.6 Å². The first-order valence-electron chi connectivity index (χ1n) is 6.18. The van der Waals surface area contributed by atoms with Crippen molar-refractivity contribution in [3.8, 4) is 0 Å². The molecule has 2 rings (SSSR count). The van der Waals surface area contributed by atoms with Gasteiger partial charge in [0, 0.05) is 24.3 Å². The van der Waals surface area contributed by atoms with E-state index in [2.05, 4.69) is 10.3 Å². The van der Waals surface area contributed by atoms with Crippen LogP contribution in [-0.2, 0) is 6.54 Å². The second kappa shape index (κ2) is 6.38. The monoisotopic (exact) mass is 262 g/mol. The Kier molecular flexibility index (Phi) is 4.58. The number of nitrogens with zero attached hydrogens (tertiary/aromatic N) is 1. The van der Waals surface area contributed by atoms with Gasteiger partial charge >= 0.3 is 0 Å². The van der Waals surface area contributed by atoms with Crippen molar-refractivity contribution in [3.05, 3.63) is 65.5 Å². The lowest BCUT2D eigenvalue weighted by Crippen LogP contribution is -2.18. The van der Waals surface area contributed by atoms with E-state index in [1.807, 2.05) is 25.1 Å². The third-order valence-electron chi connectivity index (χ3n) is 2.98. The highest BCUT2D eigenvalue weighted by molar-refractivity contribution is 5.23. The summed E-state index contributed by atoms with van der Waals surface area (Å²) in [6, 6.07) is 12.3. The molecule has 1 heterocycles. The van der Waals surface area contributed by atoms with Gasteiger partial charge in [-0.3, -0.25) is 4.98 Å². The lowest BCUT2D eigenvalue weighted by atomic mass is 10.1. The van der Waals surface area contributed by atoms with Crippen LogP contribution in [-0.4, -0.2) is 4.98 Å². The smallest absolute Gasteiger partial charge is 0.263 e. The van der Waals surface area contributed by atoms with E-state index in [4.69, 9.17) is 0 Å². The summed E-state index contributed by atoms with van der Waals surface area (Å²) in [6.07, 6.45) is -0.653. The number of hydrogen-bond acceptors (Lipinski definition) is 2. The first-order valence-corrected chi connectivity index (χ1v) is 6.18. The lowest BCUT2D eigenvalue weighted by Gasteiger charge is -2.13. The highest BCUT2D eigenvalue weighted by Gasteiger charge is 2.07. The van der Waals surface area contributed by atoms with Gasteiger partial charge in [-0.1, -0.05) is 30.3 Å². The van der Waals surface area contributed by atoms with Crippen molar-refractivity contribution in [3.63, 3.8) is 0 Å². The topological polar surface area (TPSA) is 24.9 Å². The van der Waals surface area contributed by atoms with Crippen LogP contribution >= 0.6 is 0 Å². The van der Waals surface area contributed by atoms with E-state index < -0.39 is 6.43 Å². The van der Waals surface area contributed by atoms with Crippen LogP contribution in [0.5, 0.6) is 0 Å². The Bertz CT molecular complexity index is 497. The molecule has 2 aromatic rings. The van der Waals surface area contributed by atoms with Crippen molar-refractivity contribution in [1.82, 2.24) is 10.3 Å². The Balaban J connectivity index is 1.92. The quantitative estimate of drug-likeness (QED) is 0.884. The van der Waals surface area contributed by atoms with Crippen molar-refractivity contribution >= 4 is 0 Å². The van der Waals surface area contributed by atoms with Gasteiger partial charge in [0.1, 0.15) is 0 Å². The number of benzene rings is 1. The van der Waals surface area contributed by atoms with Gasteiger partial charge in [0.25, 0.3) is 6.43 Å². The van der Waals surface area contributed by atoms with Crippen molar-refractivity contribution in [2.24, 2.45) is 0 Å². The predicted octanol–water partition coefficient (Wildman–Crippen LogP) is 3.87. The zero-order valence-corrected chi connectivity index (χ0v) is 10.7. The van der Waals surface area contributed by atoms with Gasteiger partial charge < -0.3 is 5.32 Å². The summed E-state index contributed by atoms with van der Waals surface area (Å²) in [4.78, 5) is 4.27. The Hall–Kier alpha value is -1.81. The van der Waals surface area contributed by atoms with Gasteiger partial charge in [0.15, 0.2) is 0 Å². The molecule has 0 aliphatic heterocycles. The fourth-order valence-corrected chi connectivity index (χ4v) is 1.79. The molecule has 0 spiro atoms. The van der Waals surface area contributed by atoms with Crippen molar-refractivity contribution < 1.29 is 8.78 Å². The molecule has 0 unspecified atom stereocenters. The Morgan fingerprint density at radius 3 is 2.42 bits per heavy atom. The second-order valence-corrected chi connectivity index (χ2v) is 4.40. The van der Waals surface area contributed by atoms with Crippen molar-refractivity contribution in [2.45, 2.75) is 25.9 Å². The Labute approximate surface area is 111 Å². The fourth-order valence-electron chi connectivity index (χ4n) is 1.79. The van der Waals surface area contributed by atoms with E-state index in [1.54, 1.807) is 18.3 Å². The van der Waals surface area contributed by atoms with Gasteiger partial charge in [0.05, 0.1) is 5.69 Å². The maximum Gasteiger partial charge on any atom is 0.263 e. The fraction of sp³-hybridized carbons (Fsp3) is 0.267. The molecular formula is C15H16F2N2. The first kappa shape index (κ1) is 13.6. The molecule has 1 atom stereocenters.